The fourth-order valence-electron chi connectivity index (χ4n) is 3.20. The highest BCUT2D eigenvalue weighted by atomic mass is 16.5. The molecule has 1 atom stereocenters. The summed E-state index contributed by atoms with van der Waals surface area (Å²) in [5, 5.41) is 5.83. The molecule has 0 spiro atoms. The number of carbonyl (C=O) groups excluding carboxylic acids is 2. The molecule has 0 bridgehead atoms. The van der Waals surface area contributed by atoms with E-state index in [4.69, 9.17) is 4.74 Å². The van der Waals surface area contributed by atoms with E-state index in [0.717, 1.165) is 39.1 Å². The third-order valence-electron chi connectivity index (χ3n) is 5.13. The molecule has 1 aromatic rings. The molecule has 2 N–H and O–H groups in total. The Hall–Kier alpha value is -2.12. The molecule has 1 unspecified atom stereocenters. The zero-order valence-corrected chi connectivity index (χ0v) is 17.5. The number of hydrogen-bond acceptors (Lipinski definition) is 5. The van der Waals surface area contributed by atoms with Crippen molar-refractivity contribution in [2.45, 2.75) is 26.3 Å². The van der Waals surface area contributed by atoms with Crippen LogP contribution in [0.25, 0.3) is 0 Å². The summed E-state index contributed by atoms with van der Waals surface area (Å²) >= 11 is 0. The number of piperazine rings is 1. The van der Waals surface area contributed by atoms with Gasteiger partial charge in [-0.05, 0) is 50.2 Å². The van der Waals surface area contributed by atoms with Gasteiger partial charge in [0.2, 0.25) is 5.91 Å². The Morgan fingerprint density at radius 3 is 2.32 bits per heavy atom. The van der Waals surface area contributed by atoms with Gasteiger partial charge in [-0.1, -0.05) is 13.8 Å². The molecule has 7 heteroatoms. The van der Waals surface area contributed by atoms with Crippen LogP contribution < -0.4 is 15.4 Å². The lowest BCUT2D eigenvalue weighted by atomic mass is 10.0. The first-order chi connectivity index (χ1) is 13.4. The zero-order chi connectivity index (χ0) is 20.5. The van der Waals surface area contributed by atoms with Crippen LogP contribution in [0, 0.1) is 5.92 Å². The van der Waals surface area contributed by atoms with E-state index in [9.17, 15) is 9.59 Å². The van der Waals surface area contributed by atoms with Gasteiger partial charge in [0.15, 0.2) is 0 Å². The standard InChI is InChI=1S/C21H34N4O3/c1-16(2)19(23-20(26)17-6-8-18(28-4)9-7-17)21(27)22-10-5-11-25-14-12-24(3)13-15-25/h6-9,16,19H,5,10-15H2,1-4H3,(H,22,27)(H,23,26). The highest BCUT2D eigenvalue weighted by Crippen LogP contribution is 2.12. The lowest BCUT2D eigenvalue weighted by Crippen LogP contribution is -2.50. The molecule has 1 fully saturated rings. The zero-order valence-electron chi connectivity index (χ0n) is 17.5. The minimum atomic E-state index is -0.557. The summed E-state index contributed by atoms with van der Waals surface area (Å²) in [6.07, 6.45) is 0.909. The van der Waals surface area contributed by atoms with Crippen molar-refractivity contribution in [3.05, 3.63) is 29.8 Å². The smallest absolute Gasteiger partial charge is 0.251 e. The van der Waals surface area contributed by atoms with Gasteiger partial charge in [-0.3, -0.25) is 9.59 Å². The van der Waals surface area contributed by atoms with Crippen LogP contribution in [0.2, 0.25) is 0 Å². The second kappa shape index (κ2) is 11.0. The average molecular weight is 391 g/mol. The van der Waals surface area contributed by atoms with Gasteiger partial charge >= 0.3 is 0 Å². The molecule has 1 aliphatic rings. The Balaban J connectivity index is 1.78. The minimum Gasteiger partial charge on any atom is -0.497 e. The number of benzene rings is 1. The fourth-order valence-corrected chi connectivity index (χ4v) is 3.20. The lowest BCUT2D eigenvalue weighted by Gasteiger charge is -2.32. The molecule has 1 aliphatic heterocycles. The van der Waals surface area contributed by atoms with E-state index < -0.39 is 6.04 Å². The van der Waals surface area contributed by atoms with Crippen molar-refractivity contribution in [1.82, 2.24) is 20.4 Å². The molecule has 1 heterocycles. The van der Waals surface area contributed by atoms with Crippen molar-refractivity contribution < 1.29 is 14.3 Å². The molecule has 0 aliphatic carbocycles. The summed E-state index contributed by atoms with van der Waals surface area (Å²) in [6, 6.07) is 6.30. The quantitative estimate of drug-likeness (QED) is 0.620. The average Bonchev–Trinajstić information content (AvgIpc) is 2.70. The maximum Gasteiger partial charge on any atom is 0.251 e. The Labute approximate surface area is 168 Å². The molecule has 28 heavy (non-hydrogen) atoms. The molecule has 0 aromatic heterocycles. The van der Waals surface area contributed by atoms with Gasteiger partial charge in [0.1, 0.15) is 11.8 Å². The van der Waals surface area contributed by atoms with E-state index >= 15 is 0 Å². The molecule has 156 valence electrons. The number of methoxy groups -OCH3 is 1. The van der Waals surface area contributed by atoms with Crippen LogP contribution in [0.1, 0.15) is 30.6 Å². The summed E-state index contributed by atoms with van der Waals surface area (Å²) in [6.45, 7) is 9.82. The van der Waals surface area contributed by atoms with Crippen molar-refractivity contribution in [1.29, 1.82) is 0 Å². The summed E-state index contributed by atoms with van der Waals surface area (Å²) in [7, 11) is 3.72. The van der Waals surface area contributed by atoms with Crippen LogP contribution in [0.15, 0.2) is 24.3 Å². The summed E-state index contributed by atoms with van der Waals surface area (Å²) in [4.78, 5) is 29.8. The van der Waals surface area contributed by atoms with Crippen molar-refractivity contribution in [3.63, 3.8) is 0 Å². The summed E-state index contributed by atoms with van der Waals surface area (Å²) < 4.78 is 5.11. The van der Waals surface area contributed by atoms with Gasteiger partial charge in [-0.15, -0.1) is 0 Å². The van der Waals surface area contributed by atoms with Crippen LogP contribution >= 0.6 is 0 Å². The van der Waals surface area contributed by atoms with E-state index in [1.807, 2.05) is 13.8 Å². The maximum absolute atomic E-state index is 12.6. The molecule has 2 rings (SSSR count). The molecule has 0 saturated carbocycles. The first-order valence-electron chi connectivity index (χ1n) is 10.0. The molecule has 2 amide bonds. The predicted molar refractivity (Wildman–Crippen MR) is 111 cm³/mol. The summed E-state index contributed by atoms with van der Waals surface area (Å²) in [5.41, 5.74) is 0.509. The van der Waals surface area contributed by atoms with Gasteiger partial charge in [0.05, 0.1) is 7.11 Å². The van der Waals surface area contributed by atoms with Crippen LogP contribution in [-0.4, -0.2) is 81.1 Å². The first-order valence-corrected chi connectivity index (χ1v) is 10.0. The lowest BCUT2D eigenvalue weighted by molar-refractivity contribution is -0.123. The van der Waals surface area contributed by atoms with Crippen LogP contribution in [-0.2, 0) is 4.79 Å². The molecule has 7 nitrogen and oxygen atoms in total. The van der Waals surface area contributed by atoms with Crippen molar-refractivity contribution in [3.8, 4) is 5.75 Å². The van der Waals surface area contributed by atoms with Gasteiger partial charge < -0.3 is 25.2 Å². The Morgan fingerprint density at radius 1 is 1.11 bits per heavy atom. The Bertz CT molecular complexity index is 625. The second-order valence-electron chi connectivity index (χ2n) is 7.71. The van der Waals surface area contributed by atoms with Gasteiger partial charge in [0, 0.05) is 38.3 Å². The predicted octanol–water partition coefficient (Wildman–Crippen LogP) is 1.20. The number of amides is 2. The number of nitrogens with one attached hydrogen (secondary N) is 2. The van der Waals surface area contributed by atoms with Crippen LogP contribution in [0.4, 0.5) is 0 Å². The van der Waals surface area contributed by atoms with Crippen molar-refractivity contribution >= 4 is 11.8 Å². The first kappa shape index (κ1) is 22.2. The molecular formula is C21H34N4O3. The monoisotopic (exact) mass is 390 g/mol. The van der Waals surface area contributed by atoms with Crippen LogP contribution in [0.5, 0.6) is 5.75 Å². The second-order valence-corrected chi connectivity index (χ2v) is 7.71. The van der Waals surface area contributed by atoms with Gasteiger partial charge in [-0.2, -0.15) is 0 Å². The van der Waals surface area contributed by atoms with Crippen LogP contribution in [0.3, 0.4) is 0 Å². The highest BCUT2D eigenvalue weighted by Gasteiger charge is 2.24. The van der Waals surface area contributed by atoms with E-state index in [1.165, 1.54) is 0 Å². The van der Waals surface area contributed by atoms with E-state index in [1.54, 1.807) is 31.4 Å². The summed E-state index contributed by atoms with van der Waals surface area (Å²) in [5.74, 6) is 0.305. The molecule has 0 radical (unpaired) electrons. The Kier molecular flexibility index (Phi) is 8.73. The maximum atomic E-state index is 12.6. The normalized spacial score (nSPS) is 16.6. The number of likely N-dealkylation sites (N-methyl/N-ethyl adjacent to an activating group) is 1. The van der Waals surface area contributed by atoms with Crippen molar-refractivity contribution in [2.24, 2.45) is 5.92 Å². The highest BCUT2D eigenvalue weighted by molar-refractivity contribution is 5.97. The van der Waals surface area contributed by atoms with Gasteiger partial charge in [-0.25, -0.2) is 0 Å². The van der Waals surface area contributed by atoms with Crippen molar-refractivity contribution in [2.75, 3.05) is 53.4 Å². The topological polar surface area (TPSA) is 73.9 Å². The number of hydrogen-bond donors (Lipinski definition) is 2. The molecular weight excluding hydrogens is 356 g/mol. The number of ether oxygens (including phenoxy) is 1. The SMILES string of the molecule is COc1ccc(C(=O)NC(C(=O)NCCCN2CCN(C)CC2)C(C)C)cc1. The Morgan fingerprint density at radius 2 is 1.75 bits per heavy atom. The minimum absolute atomic E-state index is 0.000157. The third kappa shape index (κ3) is 6.80. The number of nitrogens with zero attached hydrogens (tertiary/aromatic N) is 2. The fraction of sp³-hybridized carbons (Fsp3) is 0.619. The van der Waals surface area contributed by atoms with Gasteiger partial charge in [0.25, 0.3) is 5.91 Å². The molecule has 1 aromatic carbocycles. The number of rotatable bonds is 9. The van der Waals surface area contributed by atoms with E-state index in [-0.39, 0.29) is 17.7 Å². The molecule has 1 saturated heterocycles. The largest absolute Gasteiger partial charge is 0.497 e. The third-order valence-corrected chi connectivity index (χ3v) is 5.13. The van der Waals surface area contributed by atoms with E-state index in [0.29, 0.717) is 17.9 Å². The number of carbonyl (C=O) groups is 2. The van der Waals surface area contributed by atoms with E-state index in [2.05, 4.69) is 27.5 Å².